The summed E-state index contributed by atoms with van der Waals surface area (Å²) in [6.07, 6.45) is 4.25. The first-order valence-corrected chi connectivity index (χ1v) is 11.8. The number of unbranched alkanes of at least 4 members (excludes halogenated alkanes) is 2. The summed E-state index contributed by atoms with van der Waals surface area (Å²) in [5.41, 5.74) is 1.08. The van der Waals surface area contributed by atoms with Gasteiger partial charge in [0.25, 0.3) is 0 Å². The fraction of sp³-hybridized carbons (Fsp3) is 0.556. The van der Waals surface area contributed by atoms with Crippen molar-refractivity contribution in [2.24, 2.45) is 5.41 Å². The van der Waals surface area contributed by atoms with Gasteiger partial charge in [-0.2, -0.15) is 0 Å². The SMILES string of the molecule is CCCCCN(CC(=O)N(CCc1ccccc1)Cc1ccc(C)o1)C(=O)CC(C)(C)C. The molecule has 2 aromatic rings. The Labute approximate surface area is 193 Å². The normalized spacial score (nSPS) is 11.4. The summed E-state index contributed by atoms with van der Waals surface area (Å²) < 4.78 is 5.74. The Bertz CT molecular complexity index is 836. The zero-order valence-electron chi connectivity index (χ0n) is 20.5. The summed E-state index contributed by atoms with van der Waals surface area (Å²) in [7, 11) is 0. The smallest absolute Gasteiger partial charge is 0.242 e. The van der Waals surface area contributed by atoms with Crippen molar-refractivity contribution in [2.45, 2.75) is 73.3 Å². The molecule has 1 heterocycles. The van der Waals surface area contributed by atoms with Crippen molar-refractivity contribution in [3.05, 3.63) is 59.5 Å². The van der Waals surface area contributed by atoms with Gasteiger partial charge < -0.3 is 14.2 Å². The van der Waals surface area contributed by atoms with E-state index in [0.29, 0.717) is 26.1 Å². The largest absolute Gasteiger partial charge is 0.464 e. The molecular weight excluding hydrogens is 400 g/mol. The molecule has 0 atom stereocenters. The first kappa shape index (κ1) is 25.7. The van der Waals surface area contributed by atoms with Crippen LogP contribution in [0.25, 0.3) is 0 Å². The van der Waals surface area contributed by atoms with Crippen LogP contribution in [-0.4, -0.2) is 41.2 Å². The van der Waals surface area contributed by atoms with Gasteiger partial charge in [-0.3, -0.25) is 9.59 Å². The van der Waals surface area contributed by atoms with Gasteiger partial charge in [0.05, 0.1) is 13.1 Å². The van der Waals surface area contributed by atoms with E-state index in [-0.39, 0.29) is 23.8 Å². The lowest BCUT2D eigenvalue weighted by atomic mass is 9.91. The number of amides is 2. The molecule has 2 amide bonds. The van der Waals surface area contributed by atoms with Gasteiger partial charge in [-0.05, 0) is 42.9 Å². The van der Waals surface area contributed by atoms with Gasteiger partial charge in [-0.25, -0.2) is 0 Å². The lowest BCUT2D eigenvalue weighted by molar-refractivity contribution is -0.142. The van der Waals surface area contributed by atoms with Crippen LogP contribution < -0.4 is 0 Å². The van der Waals surface area contributed by atoms with Gasteiger partial charge in [-0.1, -0.05) is 70.9 Å². The van der Waals surface area contributed by atoms with Crippen molar-refractivity contribution < 1.29 is 14.0 Å². The van der Waals surface area contributed by atoms with E-state index in [1.807, 2.05) is 42.2 Å². The molecule has 0 unspecified atom stereocenters. The molecule has 32 heavy (non-hydrogen) atoms. The number of carbonyl (C=O) groups is 2. The summed E-state index contributed by atoms with van der Waals surface area (Å²) in [4.78, 5) is 29.9. The standard InChI is InChI=1S/C27H40N2O3/c1-6-7-11-17-28(25(30)19-27(3,4)5)21-26(31)29(20-24-15-14-22(2)32-24)18-16-23-12-9-8-10-13-23/h8-10,12-15H,6-7,11,16-21H2,1-5H3. The van der Waals surface area contributed by atoms with Crippen molar-refractivity contribution in [1.29, 1.82) is 0 Å². The average Bonchev–Trinajstić information content (AvgIpc) is 3.14. The molecule has 0 spiro atoms. The Hall–Kier alpha value is -2.56. The number of benzene rings is 1. The van der Waals surface area contributed by atoms with Gasteiger partial charge >= 0.3 is 0 Å². The molecule has 0 N–H and O–H groups in total. The monoisotopic (exact) mass is 440 g/mol. The predicted octanol–water partition coefficient (Wildman–Crippen LogP) is 5.61. The zero-order valence-corrected chi connectivity index (χ0v) is 20.5. The first-order valence-electron chi connectivity index (χ1n) is 11.8. The Morgan fingerprint density at radius 3 is 2.22 bits per heavy atom. The van der Waals surface area contributed by atoms with Crippen molar-refractivity contribution in [3.8, 4) is 0 Å². The van der Waals surface area contributed by atoms with Crippen LogP contribution >= 0.6 is 0 Å². The van der Waals surface area contributed by atoms with Gasteiger partial charge in [0.1, 0.15) is 11.5 Å². The summed E-state index contributed by atoms with van der Waals surface area (Å²) in [6.45, 7) is 12.0. The van der Waals surface area contributed by atoms with E-state index < -0.39 is 0 Å². The second kappa shape index (κ2) is 12.5. The topological polar surface area (TPSA) is 53.8 Å². The lowest BCUT2D eigenvalue weighted by Gasteiger charge is -2.29. The number of hydrogen-bond donors (Lipinski definition) is 0. The average molecular weight is 441 g/mol. The Balaban J connectivity index is 2.12. The molecule has 176 valence electrons. The molecule has 0 saturated heterocycles. The van der Waals surface area contributed by atoms with Crippen LogP contribution in [0.3, 0.4) is 0 Å². The second-order valence-corrected chi connectivity index (χ2v) is 9.82. The highest BCUT2D eigenvalue weighted by atomic mass is 16.3. The van der Waals surface area contributed by atoms with Crippen LogP contribution in [0, 0.1) is 12.3 Å². The Kier molecular flexibility index (Phi) is 10.0. The number of nitrogens with zero attached hydrogens (tertiary/aromatic N) is 2. The van der Waals surface area contributed by atoms with Gasteiger partial charge in [0.2, 0.25) is 11.8 Å². The third-order valence-corrected chi connectivity index (χ3v) is 5.40. The first-order chi connectivity index (χ1) is 15.2. The molecule has 0 fully saturated rings. The highest BCUT2D eigenvalue weighted by Crippen LogP contribution is 2.20. The minimum atomic E-state index is -0.109. The van der Waals surface area contributed by atoms with E-state index in [9.17, 15) is 9.59 Å². The van der Waals surface area contributed by atoms with Crippen LogP contribution in [-0.2, 0) is 22.6 Å². The van der Waals surface area contributed by atoms with Crippen molar-refractivity contribution in [2.75, 3.05) is 19.6 Å². The van der Waals surface area contributed by atoms with Crippen LogP contribution in [0.2, 0.25) is 0 Å². The third-order valence-electron chi connectivity index (χ3n) is 5.40. The highest BCUT2D eigenvalue weighted by molar-refractivity contribution is 5.85. The molecule has 0 aliphatic rings. The molecule has 0 saturated carbocycles. The molecule has 1 aromatic heterocycles. The maximum Gasteiger partial charge on any atom is 0.242 e. The fourth-order valence-corrected chi connectivity index (χ4v) is 3.63. The summed E-state index contributed by atoms with van der Waals surface area (Å²) in [5.74, 6) is 1.62. The number of rotatable bonds is 12. The molecule has 5 nitrogen and oxygen atoms in total. The predicted molar refractivity (Wildman–Crippen MR) is 129 cm³/mol. The van der Waals surface area contributed by atoms with E-state index in [4.69, 9.17) is 4.42 Å². The van der Waals surface area contributed by atoms with Crippen molar-refractivity contribution >= 4 is 11.8 Å². The second-order valence-electron chi connectivity index (χ2n) is 9.82. The number of carbonyl (C=O) groups excluding carboxylic acids is 2. The van der Waals surface area contributed by atoms with E-state index in [1.54, 1.807) is 4.90 Å². The molecule has 0 bridgehead atoms. The highest BCUT2D eigenvalue weighted by Gasteiger charge is 2.25. The number of hydrogen-bond acceptors (Lipinski definition) is 3. The van der Waals surface area contributed by atoms with E-state index in [0.717, 1.165) is 37.2 Å². The van der Waals surface area contributed by atoms with Crippen LogP contribution in [0.15, 0.2) is 46.9 Å². The van der Waals surface area contributed by atoms with Gasteiger partial charge in [-0.15, -0.1) is 0 Å². The van der Waals surface area contributed by atoms with E-state index in [2.05, 4.69) is 39.8 Å². The molecule has 0 aliphatic heterocycles. The quantitative estimate of drug-likeness (QED) is 0.403. The maximum atomic E-state index is 13.4. The minimum Gasteiger partial charge on any atom is -0.464 e. The van der Waals surface area contributed by atoms with Gasteiger partial charge in [0.15, 0.2) is 0 Å². The molecular formula is C27H40N2O3. The van der Waals surface area contributed by atoms with Crippen molar-refractivity contribution in [1.82, 2.24) is 9.80 Å². The summed E-state index contributed by atoms with van der Waals surface area (Å²) in [5, 5.41) is 0. The summed E-state index contributed by atoms with van der Waals surface area (Å²) in [6, 6.07) is 14.0. The zero-order chi connectivity index (χ0) is 23.6. The Morgan fingerprint density at radius 2 is 1.62 bits per heavy atom. The maximum absolute atomic E-state index is 13.4. The molecule has 2 rings (SSSR count). The van der Waals surface area contributed by atoms with E-state index >= 15 is 0 Å². The number of aryl methyl sites for hydroxylation is 1. The molecule has 5 heteroatoms. The Morgan fingerprint density at radius 1 is 0.906 bits per heavy atom. The molecule has 1 aromatic carbocycles. The minimum absolute atomic E-state index is 0.0336. The third kappa shape index (κ3) is 9.29. The fourth-order valence-electron chi connectivity index (χ4n) is 3.63. The van der Waals surface area contributed by atoms with Crippen LogP contribution in [0.4, 0.5) is 0 Å². The van der Waals surface area contributed by atoms with Gasteiger partial charge in [0, 0.05) is 19.5 Å². The molecule has 0 radical (unpaired) electrons. The van der Waals surface area contributed by atoms with E-state index in [1.165, 1.54) is 5.56 Å². The lowest BCUT2D eigenvalue weighted by Crippen LogP contribution is -2.44. The molecule has 0 aliphatic carbocycles. The number of furan rings is 1. The van der Waals surface area contributed by atoms with Crippen LogP contribution in [0.1, 0.15) is 70.5 Å². The summed E-state index contributed by atoms with van der Waals surface area (Å²) >= 11 is 0. The van der Waals surface area contributed by atoms with Crippen molar-refractivity contribution in [3.63, 3.8) is 0 Å². The van der Waals surface area contributed by atoms with Crippen LogP contribution in [0.5, 0.6) is 0 Å².